The molecule has 0 saturated heterocycles. The quantitative estimate of drug-likeness (QED) is 0.890. The zero-order chi connectivity index (χ0) is 13.8. The lowest BCUT2D eigenvalue weighted by molar-refractivity contribution is -0.138. The zero-order valence-electron chi connectivity index (χ0n) is 11.3. The van der Waals surface area contributed by atoms with Crippen molar-refractivity contribution >= 4 is 22.4 Å². The molecule has 0 heterocycles. The third-order valence-electron chi connectivity index (χ3n) is 3.37. The van der Waals surface area contributed by atoms with Gasteiger partial charge in [-0.15, -0.1) is 0 Å². The van der Waals surface area contributed by atoms with Gasteiger partial charge in [0, 0.05) is 17.6 Å². The van der Waals surface area contributed by atoms with Crippen LogP contribution in [0.1, 0.15) is 20.3 Å². The van der Waals surface area contributed by atoms with Crippen LogP contribution in [0.4, 0.5) is 5.69 Å². The van der Waals surface area contributed by atoms with Crippen LogP contribution in [-0.4, -0.2) is 23.7 Å². The maximum Gasteiger partial charge on any atom is 0.326 e. The van der Waals surface area contributed by atoms with Gasteiger partial charge in [0.05, 0.1) is 0 Å². The first-order valence-electron chi connectivity index (χ1n) is 6.62. The molecule has 3 heteroatoms. The number of benzene rings is 2. The SMILES string of the molecule is CCCN(c1cccc2ccccc12)[C@H](C)C(=O)O. The van der Waals surface area contributed by atoms with Crippen LogP contribution in [-0.2, 0) is 4.79 Å². The van der Waals surface area contributed by atoms with E-state index in [0.29, 0.717) is 0 Å². The van der Waals surface area contributed by atoms with Crippen LogP contribution in [0.25, 0.3) is 10.8 Å². The Morgan fingerprint density at radius 2 is 1.89 bits per heavy atom. The van der Waals surface area contributed by atoms with Gasteiger partial charge in [0.2, 0.25) is 0 Å². The molecule has 0 aliphatic rings. The summed E-state index contributed by atoms with van der Waals surface area (Å²) >= 11 is 0. The fourth-order valence-electron chi connectivity index (χ4n) is 2.36. The summed E-state index contributed by atoms with van der Waals surface area (Å²) in [4.78, 5) is 13.2. The number of aliphatic carboxylic acids is 1. The first-order valence-corrected chi connectivity index (χ1v) is 6.62. The van der Waals surface area contributed by atoms with Gasteiger partial charge in [0.15, 0.2) is 0 Å². The van der Waals surface area contributed by atoms with Gasteiger partial charge in [-0.05, 0) is 24.8 Å². The van der Waals surface area contributed by atoms with Crippen molar-refractivity contribution in [3.8, 4) is 0 Å². The summed E-state index contributed by atoms with van der Waals surface area (Å²) in [5.41, 5.74) is 0.995. The Morgan fingerprint density at radius 1 is 1.21 bits per heavy atom. The summed E-state index contributed by atoms with van der Waals surface area (Å²) in [7, 11) is 0. The van der Waals surface area contributed by atoms with Gasteiger partial charge in [0.1, 0.15) is 6.04 Å². The molecule has 2 rings (SSSR count). The molecule has 0 saturated carbocycles. The van der Waals surface area contributed by atoms with Crippen LogP contribution in [0, 0.1) is 0 Å². The summed E-state index contributed by atoms with van der Waals surface area (Å²) < 4.78 is 0. The highest BCUT2D eigenvalue weighted by Crippen LogP contribution is 2.28. The molecule has 0 aromatic heterocycles. The van der Waals surface area contributed by atoms with E-state index in [2.05, 4.69) is 6.92 Å². The second kappa shape index (κ2) is 5.74. The monoisotopic (exact) mass is 257 g/mol. The predicted octanol–water partition coefficient (Wildman–Crippen LogP) is 3.53. The normalized spacial score (nSPS) is 12.3. The van der Waals surface area contributed by atoms with Crippen molar-refractivity contribution < 1.29 is 9.90 Å². The average molecular weight is 257 g/mol. The number of carbonyl (C=O) groups is 1. The molecule has 1 atom stereocenters. The van der Waals surface area contributed by atoms with Crippen LogP contribution in [0.2, 0.25) is 0 Å². The van der Waals surface area contributed by atoms with Crippen LogP contribution in [0.3, 0.4) is 0 Å². The molecule has 0 aliphatic carbocycles. The summed E-state index contributed by atoms with van der Waals surface area (Å²) in [6, 6.07) is 13.6. The van der Waals surface area contributed by atoms with Crippen LogP contribution in [0.5, 0.6) is 0 Å². The van der Waals surface area contributed by atoms with Crippen molar-refractivity contribution in [1.29, 1.82) is 0 Å². The average Bonchev–Trinajstić information content (AvgIpc) is 2.43. The second-order valence-electron chi connectivity index (χ2n) is 4.71. The van der Waals surface area contributed by atoms with E-state index in [0.717, 1.165) is 29.4 Å². The standard InChI is InChI=1S/C16H19NO2/c1-3-11-17(12(2)16(18)19)15-10-6-8-13-7-4-5-9-14(13)15/h4-10,12H,3,11H2,1-2H3,(H,18,19)/t12-/m1/s1. The maximum atomic E-state index is 11.3. The highest BCUT2D eigenvalue weighted by atomic mass is 16.4. The smallest absolute Gasteiger partial charge is 0.326 e. The second-order valence-corrected chi connectivity index (χ2v) is 4.71. The molecule has 0 fully saturated rings. The third-order valence-corrected chi connectivity index (χ3v) is 3.37. The molecular formula is C16H19NO2. The Labute approximate surface area is 113 Å². The molecule has 2 aromatic rings. The molecule has 0 unspecified atom stereocenters. The Kier molecular flexibility index (Phi) is 4.05. The summed E-state index contributed by atoms with van der Waals surface area (Å²) in [6.45, 7) is 4.54. The molecule has 0 bridgehead atoms. The number of nitrogens with zero attached hydrogens (tertiary/aromatic N) is 1. The Balaban J connectivity index is 2.52. The zero-order valence-corrected chi connectivity index (χ0v) is 11.3. The van der Waals surface area contributed by atoms with Crippen molar-refractivity contribution in [2.45, 2.75) is 26.3 Å². The van der Waals surface area contributed by atoms with Crippen molar-refractivity contribution in [2.75, 3.05) is 11.4 Å². The first-order chi connectivity index (χ1) is 9.15. The number of hydrogen-bond acceptors (Lipinski definition) is 2. The number of rotatable bonds is 5. The van der Waals surface area contributed by atoms with Crippen molar-refractivity contribution in [3.63, 3.8) is 0 Å². The van der Waals surface area contributed by atoms with Crippen molar-refractivity contribution in [1.82, 2.24) is 0 Å². The molecule has 0 spiro atoms. The van der Waals surface area contributed by atoms with Crippen LogP contribution < -0.4 is 4.90 Å². The van der Waals surface area contributed by atoms with E-state index in [1.807, 2.05) is 47.4 Å². The molecule has 2 aromatic carbocycles. The fraction of sp³-hybridized carbons (Fsp3) is 0.312. The van der Waals surface area contributed by atoms with E-state index in [-0.39, 0.29) is 0 Å². The van der Waals surface area contributed by atoms with Gasteiger partial charge < -0.3 is 10.0 Å². The topological polar surface area (TPSA) is 40.5 Å². The maximum absolute atomic E-state index is 11.3. The highest BCUT2D eigenvalue weighted by Gasteiger charge is 2.21. The summed E-state index contributed by atoms with van der Waals surface area (Å²) in [5, 5.41) is 11.5. The minimum atomic E-state index is -0.790. The van der Waals surface area contributed by atoms with E-state index in [1.54, 1.807) is 6.92 Å². The largest absolute Gasteiger partial charge is 0.480 e. The molecular weight excluding hydrogens is 238 g/mol. The van der Waals surface area contributed by atoms with Gasteiger partial charge in [-0.25, -0.2) is 4.79 Å². The summed E-state index contributed by atoms with van der Waals surface area (Å²) in [6.07, 6.45) is 0.918. The van der Waals surface area contributed by atoms with Gasteiger partial charge >= 0.3 is 5.97 Å². The molecule has 19 heavy (non-hydrogen) atoms. The molecule has 100 valence electrons. The molecule has 0 amide bonds. The third kappa shape index (κ3) is 2.70. The Bertz CT molecular complexity index is 574. The Morgan fingerprint density at radius 3 is 2.58 bits per heavy atom. The van der Waals surface area contributed by atoms with Gasteiger partial charge in [0.25, 0.3) is 0 Å². The lowest BCUT2D eigenvalue weighted by atomic mass is 10.1. The summed E-state index contributed by atoms with van der Waals surface area (Å²) in [5.74, 6) is -0.790. The van der Waals surface area contributed by atoms with E-state index < -0.39 is 12.0 Å². The molecule has 0 radical (unpaired) electrons. The number of carboxylic acids is 1. The van der Waals surface area contributed by atoms with Gasteiger partial charge in [-0.3, -0.25) is 0 Å². The number of carboxylic acid groups (broad SMARTS) is 1. The minimum absolute atomic E-state index is 0.522. The van der Waals surface area contributed by atoms with Crippen LogP contribution in [0.15, 0.2) is 42.5 Å². The molecule has 3 nitrogen and oxygen atoms in total. The van der Waals surface area contributed by atoms with E-state index in [4.69, 9.17) is 0 Å². The van der Waals surface area contributed by atoms with Gasteiger partial charge in [-0.1, -0.05) is 43.3 Å². The van der Waals surface area contributed by atoms with Gasteiger partial charge in [-0.2, -0.15) is 0 Å². The minimum Gasteiger partial charge on any atom is -0.480 e. The lowest BCUT2D eigenvalue weighted by Gasteiger charge is -2.29. The predicted molar refractivity (Wildman–Crippen MR) is 78.7 cm³/mol. The molecule has 0 aliphatic heterocycles. The number of fused-ring (bicyclic) bond motifs is 1. The van der Waals surface area contributed by atoms with Crippen molar-refractivity contribution in [2.24, 2.45) is 0 Å². The lowest BCUT2D eigenvalue weighted by Crippen LogP contribution is -2.39. The Hall–Kier alpha value is -2.03. The van der Waals surface area contributed by atoms with E-state index in [1.165, 1.54) is 0 Å². The highest BCUT2D eigenvalue weighted by molar-refractivity contribution is 5.95. The van der Waals surface area contributed by atoms with E-state index >= 15 is 0 Å². The van der Waals surface area contributed by atoms with Crippen LogP contribution >= 0.6 is 0 Å². The number of anilines is 1. The fourth-order valence-corrected chi connectivity index (χ4v) is 2.36. The first kappa shape index (κ1) is 13.4. The van der Waals surface area contributed by atoms with E-state index in [9.17, 15) is 9.90 Å². The van der Waals surface area contributed by atoms with Crippen molar-refractivity contribution in [3.05, 3.63) is 42.5 Å². The number of hydrogen-bond donors (Lipinski definition) is 1. The molecule has 1 N–H and O–H groups in total.